The number of carbonyl (C=O) groups is 1. The Bertz CT molecular complexity index is 599. The van der Waals surface area contributed by atoms with Crippen molar-refractivity contribution in [2.24, 2.45) is 5.73 Å². The molecule has 0 saturated carbocycles. The van der Waals surface area contributed by atoms with Gasteiger partial charge in [0.25, 0.3) is 5.91 Å². The molecule has 92 valence electrons. The van der Waals surface area contributed by atoms with Crippen molar-refractivity contribution in [2.75, 3.05) is 5.73 Å². The van der Waals surface area contributed by atoms with Crippen molar-refractivity contribution in [1.29, 1.82) is 0 Å². The quantitative estimate of drug-likeness (QED) is 0.835. The zero-order valence-corrected chi connectivity index (χ0v) is 10.1. The van der Waals surface area contributed by atoms with Crippen molar-refractivity contribution in [1.82, 2.24) is 0 Å². The molecule has 4 N–H and O–H groups in total. The Morgan fingerprint density at radius 3 is 2.61 bits per heavy atom. The van der Waals surface area contributed by atoms with E-state index in [-0.39, 0.29) is 5.56 Å². The van der Waals surface area contributed by atoms with E-state index >= 15 is 0 Å². The van der Waals surface area contributed by atoms with Gasteiger partial charge in [-0.05, 0) is 30.3 Å². The van der Waals surface area contributed by atoms with Crippen LogP contribution in [0.15, 0.2) is 42.5 Å². The number of hydrogen-bond donors (Lipinski definition) is 2. The molecule has 0 heterocycles. The summed E-state index contributed by atoms with van der Waals surface area (Å²) in [5.41, 5.74) is 11.7. The maximum absolute atomic E-state index is 11.3. The largest absolute Gasteiger partial charge is 0.456 e. The highest BCUT2D eigenvalue weighted by Gasteiger charge is 2.11. The molecule has 2 rings (SSSR count). The number of nitrogen functional groups attached to an aromatic ring is 1. The Labute approximate surface area is 109 Å². The lowest BCUT2D eigenvalue weighted by molar-refractivity contribution is 0.0998. The lowest BCUT2D eigenvalue weighted by Gasteiger charge is -2.09. The van der Waals surface area contributed by atoms with Gasteiger partial charge in [0, 0.05) is 16.8 Å². The number of halogens is 1. The van der Waals surface area contributed by atoms with Gasteiger partial charge in [0.05, 0.1) is 5.56 Å². The average molecular weight is 263 g/mol. The van der Waals surface area contributed by atoms with Crippen molar-refractivity contribution >= 4 is 23.2 Å². The van der Waals surface area contributed by atoms with Gasteiger partial charge in [-0.15, -0.1) is 0 Å². The summed E-state index contributed by atoms with van der Waals surface area (Å²) in [6.07, 6.45) is 0. The number of anilines is 1. The first-order valence-electron chi connectivity index (χ1n) is 5.19. The van der Waals surface area contributed by atoms with Crippen molar-refractivity contribution < 1.29 is 9.53 Å². The minimum Gasteiger partial charge on any atom is -0.456 e. The molecule has 5 heteroatoms. The third-order valence-electron chi connectivity index (χ3n) is 2.29. The Balaban J connectivity index is 2.37. The van der Waals surface area contributed by atoms with Gasteiger partial charge in [-0.3, -0.25) is 4.79 Å². The van der Waals surface area contributed by atoms with E-state index in [1.54, 1.807) is 36.4 Å². The molecule has 0 fully saturated rings. The standard InChI is InChI=1S/C13H11ClN2O2/c14-8-4-5-12(11(6-8)13(16)17)18-10-3-1-2-9(15)7-10/h1-7H,15H2,(H2,16,17). The molecule has 0 spiro atoms. The van der Waals surface area contributed by atoms with Crippen LogP contribution >= 0.6 is 11.6 Å². The van der Waals surface area contributed by atoms with Gasteiger partial charge in [0.15, 0.2) is 0 Å². The number of ether oxygens (including phenoxy) is 1. The number of carbonyl (C=O) groups excluding carboxylic acids is 1. The van der Waals surface area contributed by atoms with Crippen LogP contribution in [0, 0.1) is 0 Å². The van der Waals surface area contributed by atoms with Crippen LogP contribution in [-0.2, 0) is 0 Å². The van der Waals surface area contributed by atoms with E-state index < -0.39 is 5.91 Å². The molecule has 0 saturated heterocycles. The van der Waals surface area contributed by atoms with E-state index in [1.165, 1.54) is 6.07 Å². The summed E-state index contributed by atoms with van der Waals surface area (Å²) in [5.74, 6) is 0.272. The summed E-state index contributed by atoms with van der Waals surface area (Å²) in [4.78, 5) is 11.3. The van der Waals surface area contributed by atoms with Crippen molar-refractivity contribution in [3.8, 4) is 11.5 Å². The van der Waals surface area contributed by atoms with Crippen LogP contribution in [0.5, 0.6) is 11.5 Å². The molecule has 0 atom stereocenters. The summed E-state index contributed by atoms with van der Waals surface area (Å²) in [6, 6.07) is 11.6. The molecule has 2 aromatic carbocycles. The van der Waals surface area contributed by atoms with Crippen LogP contribution < -0.4 is 16.2 Å². The highest BCUT2D eigenvalue weighted by molar-refractivity contribution is 6.31. The van der Waals surface area contributed by atoms with Gasteiger partial charge in [0.1, 0.15) is 11.5 Å². The Morgan fingerprint density at radius 2 is 1.94 bits per heavy atom. The van der Waals surface area contributed by atoms with E-state index in [0.29, 0.717) is 22.2 Å². The van der Waals surface area contributed by atoms with Crippen molar-refractivity contribution in [3.63, 3.8) is 0 Å². The van der Waals surface area contributed by atoms with E-state index in [1.807, 2.05) is 0 Å². The molecule has 0 aliphatic carbocycles. The number of benzene rings is 2. The van der Waals surface area contributed by atoms with E-state index in [0.717, 1.165) is 0 Å². The van der Waals surface area contributed by atoms with Crippen molar-refractivity contribution in [2.45, 2.75) is 0 Å². The van der Waals surface area contributed by atoms with E-state index in [2.05, 4.69) is 0 Å². The van der Waals surface area contributed by atoms with E-state index in [9.17, 15) is 4.79 Å². The number of hydrogen-bond acceptors (Lipinski definition) is 3. The number of amides is 1. The minimum atomic E-state index is -0.601. The first kappa shape index (κ1) is 12.3. The summed E-state index contributed by atoms with van der Waals surface area (Å²) in [7, 11) is 0. The summed E-state index contributed by atoms with van der Waals surface area (Å²) < 4.78 is 5.57. The number of nitrogens with two attached hydrogens (primary N) is 2. The lowest BCUT2D eigenvalue weighted by Crippen LogP contribution is -2.12. The second-order valence-corrected chi connectivity index (χ2v) is 4.12. The predicted octanol–water partition coefficient (Wildman–Crippen LogP) is 2.81. The van der Waals surface area contributed by atoms with Crippen LogP contribution in [0.2, 0.25) is 5.02 Å². The van der Waals surface area contributed by atoms with Gasteiger partial charge in [0.2, 0.25) is 0 Å². The molecular weight excluding hydrogens is 252 g/mol. The first-order valence-corrected chi connectivity index (χ1v) is 5.57. The Kier molecular flexibility index (Phi) is 3.39. The van der Waals surface area contributed by atoms with Gasteiger partial charge in [-0.2, -0.15) is 0 Å². The van der Waals surface area contributed by atoms with Crippen LogP contribution in [0.25, 0.3) is 0 Å². The summed E-state index contributed by atoms with van der Waals surface area (Å²) in [6.45, 7) is 0. The molecule has 4 nitrogen and oxygen atoms in total. The van der Waals surface area contributed by atoms with Gasteiger partial charge >= 0.3 is 0 Å². The molecule has 0 unspecified atom stereocenters. The molecule has 1 amide bonds. The normalized spacial score (nSPS) is 10.1. The molecule has 0 radical (unpaired) electrons. The monoisotopic (exact) mass is 262 g/mol. The fourth-order valence-electron chi connectivity index (χ4n) is 1.49. The maximum atomic E-state index is 11.3. The van der Waals surface area contributed by atoms with Crippen LogP contribution in [-0.4, -0.2) is 5.91 Å². The minimum absolute atomic E-state index is 0.227. The first-order chi connectivity index (χ1) is 8.56. The van der Waals surface area contributed by atoms with Crippen molar-refractivity contribution in [3.05, 3.63) is 53.1 Å². The molecule has 0 aliphatic heterocycles. The summed E-state index contributed by atoms with van der Waals surface area (Å²) in [5, 5.41) is 0.420. The Morgan fingerprint density at radius 1 is 1.17 bits per heavy atom. The SMILES string of the molecule is NC(=O)c1cc(Cl)ccc1Oc1cccc(N)c1. The zero-order chi connectivity index (χ0) is 13.1. The van der Waals surface area contributed by atoms with Crippen LogP contribution in [0.4, 0.5) is 5.69 Å². The molecule has 18 heavy (non-hydrogen) atoms. The summed E-state index contributed by atoms with van der Waals surface area (Å²) >= 11 is 5.81. The highest BCUT2D eigenvalue weighted by Crippen LogP contribution is 2.28. The topological polar surface area (TPSA) is 78.3 Å². The molecule has 0 aliphatic rings. The van der Waals surface area contributed by atoms with Gasteiger partial charge in [-0.1, -0.05) is 17.7 Å². The maximum Gasteiger partial charge on any atom is 0.252 e. The Hall–Kier alpha value is -2.20. The zero-order valence-electron chi connectivity index (χ0n) is 9.39. The van der Waals surface area contributed by atoms with Crippen LogP contribution in [0.3, 0.4) is 0 Å². The lowest BCUT2D eigenvalue weighted by atomic mass is 10.2. The smallest absolute Gasteiger partial charge is 0.252 e. The second kappa shape index (κ2) is 4.98. The predicted molar refractivity (Wildman–Crippen MR) is 70.9 cm³/mol. The highest BCUT2D eigenvalue weighted by atomic mass is 35.5. The molecule has 0 bridgehead atoms. The number of primary amides is 1. The fraction of sp³-hybridized carbons (Fsp3) is 0. The van der Waals surface area contributed by atoms with Gasteiger partial charge < -0.3 is 16.2 Å². The third-order valence-corrected chi connectivity index (χ3v) is 2.53. The third kappa shape index (κ3) is 2.73. The molecular formula is C13H11ClN2O2. The van der Waals surface area contributed by atoms with Gasteiger partial charge in [-0.25, -0.2) is 0 Å². The molecule has 0 aromatic heterocycles. The number of rotatable bonds is 3. The van der Waals surface area contributed by atoms with E-state index in [4.69, 9.17) is 27.8 Å². The second-order valence-electron chi connectivity index (χ2n) is 3.68. The fourth-order valence-corrected chi connectivity index (χ4v) is 1.66. The average Bonchev–Trinajstić information content (AvgIpc) is 2.31. The molecule has 2 aromatic rings. The van der Waals surface area contributed by atoms with Crippen LogP contribution in [0.1, 0.15) is 10.4 Å².